The number of amides is 1. The van der Waals surface area contributed by atoms with Gasteiger partial charge in [-0.1, -0.05) is 0 Å². The number of thiazole rings is 1. The minimum Gasteiger partial charge on any atom is -0.484 e. The fourth-order valence-electron chi connectivity index (χ4n) is 4.56. The van der Waals surface area contributed by atoms with Crippen LogP contribution in [0.2, 0.25) is 0 Å². The zero-order valence-corrected chi connectivity index (χ0v) is 23.6. The molecule has 204 valence electrons. The van der Waals surface area contributed by atoms with E-state index in [2.05, 4.69) is 26.3 Å². The van der Waals surface area contributed by atoms with E-state index in [0.717, 1.165) is 54.5 Å². The van der Waals surface area contributed by atoms with Crippen molar-refractivity contribution < 1.29 is 19.0 Å². The summed E-state index contributed by atoms with van der Waals surface area (Å²) in [4.78, 5) is 32.8. The zero-order valence-electron chi connectivity index (χ0n) is 22.8. The number of aryl methyl sites for hydroxylation is 3. The monoisotopic (exact) mass is 556 g/mol. The number of pyridine rings is 1. The standard InChI is InChI=1S/C29H28N6O4S/c1-15-8-20(25-21(9-15)32-17(3)11-31-25)28-34-24-16(2)10-22-26(27(24)40-28)37-13-19(39-22)14-38-29(36)33-18-6-7-23(30-12-18)35(4)5/h6-12,19H,13-14H2,1-5H3,(H,33,36)/t19-/m1/s1. The molecule has 0 saturated heterocycles. The van der Waals surface area contributed by atoms with E-state index < -0.39 is 12.2 Å². The highest BCUT2D eigenvalue weighted by Gasteiger charge is 2.27. The number of aromatic nitrogens is 4. The van der Waals surface area contributed by atoms with Crippen molar-refractivity contribution in [3.63, 3.8) is 0 Å². The number of fused-ring (bicyclic) bond motifs is 4. The second-order valence-electron chi connectivity index (χ2n) is 9.98. The predicted molar refractivity (Wildman–Crippen MR) is 156 cm³/mol. The highest BCUT2D eigenvalue weighted by atomic mass is 32.1. The number of nitrogens with zero attached hydrogens (tertiary/aromatic N) is 5. The maximum Gasteiger partial charge on any atom is 0.411 e. The van der Waals surface area contributed by atoms with Gasteiger partial charge >= 0.3 is 6.09 Å². The molecule has 0 spiro atoms. The highest BCUT2D eigenvalue weighted by Crippen LogP contribution is 2.46. The molecule has 1 N–H and O–H groups in total. The van der Waals surface area contributed by atoms with Crippen LogP contribution >= 0.6 is 11.3 Å². The van der Waals surface area contributed by atoms with E-state index in [9.17, 15) is 4.79 Å². The number of rotatable bonds is 5. The second-order valence-corrected chi connectivity index (χ2v) is 11.0. The molecule has 1 aliphatic rings. The lowest BCUT2D eigenvalue weighted by molar-refractivity contribution is 0.0383. The third-order valence-corrected chi connectivity index (χ3v) is 7.57. The second kappa shape index (κ2) is 10.2. The summed E-state index contributed by atoms with van der Waals surface area (Å²) >= 11 is 1.54. The van der Waals surface area contributed by atoms with E-state index in [1.807, 2.05) is 58.0 Å². The number of hydrogen-bond acceptors (Lipinski definition) is 10. The SMILES string of the molecule is Cc1cc(-c2nc3c(C)cc4c(c3s2)OC[C@H](COC(=O)Nc2ccc(N(C)C)nc2)O4)c2ncc(C)nc2c1. The van der Waals surface area contributed by atoms with Gasteiger partial charge in [0.1, 0.15) is 28.7 Å². The van der Waals surface area contributed by atoms with Crippen molar-refractivity contribution in [2.75, 3.05) is 37.5 Å². The predicted octanol–water partition coefficient (Wildman–Crippen LogP) is 5.68. The largest absolute Gasteiger partial charge is 0.484 e. The van der Waals surface area contributed by atoms with Crippen LogP contribution in [0, 0.1) is 20.8 Å². The maximum atomic E-state index is 12.3. The van der Waals surface area contributed by atoms with Gasteiger partial charge in [0.25, 0.3) is 0 Å². The number of carbonyl (C=O) groups excluding carboxylic acids is 1. The third kappa shape index (κ3) is 4.95. The minimum atomic E-state index is -0.587. The first kappa shape index (κ1) is 25.8. The fraction of sp³-hybridized carbons (Fsp3) is 0.276. The molecule has 0 aliphatic carbocycles. The van der Waals surface area contributed by atoms with Crippen LogP contribution in [0.4, 0.5) is 16.3 Å². The van der Waals surface area contributed by atoms with Crippen LogP contribution in [0.1, 0.15) is 16.8 Å². The summed E-state index contributed by atoms with van der Waals surface area (Å²) in [6, 6.07) is 9.63. The Labute approximate surface area is 235 Å². The van der Waals surface area contributed by atoms with E-state index in [0.29, 0.717) is 17.2 Å². The van der Waals surface area contributed by atoms with Gasteiger partial charge in [0.05, 0.1) is 34.1 Å². The van der Waals surface area contributed by atoms with Crippen LogP contribution in [-0.2, 0) is 4.74 Å². The summed E-state index contributed by atoms with van der Waals surface area (Å²) in [5.41, 5.74) is 6.94. The van der Waals surface area contributed by atoms with Gasteiger partial charge in [0.2, 0.25) is 0 Å². The molecule has 4 heterocycles. The van der Waals surface area contributed by atoms with Crippen molar-refractivity contribution in [2.45, 2.75) is 26.9 Å². The molecule has 0 unspecified atom stereocenters. The number of carbonyl (C=O) groups is 1. The zero-order chi connectivity index (χ0) is 28.0. The lowest BCUT2D eigenvalue weighted by Crippen LogP contribution is -2.35. The molecule has 0 radical (unpaired) electrons. The van der Waals surface area contributed by atoms with Crippen LogP contribution in [0.25, 0.3) is 31.8 Å². The van der Waals surface area contributed by atoms with Crippen molar-refractivity contribution in [3.8, 4) is 22.1 Å². The molecule has 1 aliphatic heterocycles. The van der Waals surface area contributed by atoms with E-state index in [1.165, 1.54) is 0 Å². The topological polar surface area (TPSA) is 112 Å². The minimum absolute atomic E-state index is 0.0346. The summed E-state index contributed by atoms with van der Waals surface area (Å²) in [6.07, 6.45) is 2.32. The Kier molecular flexibility index (Phi) is 6.59. The summed E-state index contributed by atoms with van der Waals surface area (Å²) < 4.78 is 18.7. The van der Waals surface area contributed by atoms with Gasteiger partial charge in [0, 0.05) is 25.9 Å². The molecular formula is C29H28N6O4S. The Morgan fingerprint density at radius 3 is 2.73 bits per heavy atom. The van der Waals surface area contributed by atoms with Crippen LogP contribution in [0.3, 0.4) is 0 Å². The summed E-state index contributed by atoms with van der Waals surface area (Å²) in [6.45, 7) is 6.25. The molecule has 0 saturated carbocycles. The first-order chi connectivity index (χ1) is 19.2. The number of hydrogen-bond donors (Lipinski definition) is 1. The molecule has 0 fully saturated rings. The molecule has 0 bridgehead atoms. The van der Waals surface area contributed by atoms with Gasteiger partial charge in [0.15, 0.2) is 17.6 Å². The average Bonchev–Trinajstić information content (AvgIpc) is 3.38. The first-order valence-corrected chi connectivity index (χ1v) is 13.6. The quantitative estimate of drug-likeness (QED) is 0.292. The maximum absolute atomic E-state index is 12.3. The average molecular weight is 557 g/mol. The molecule has 5 aromatic rings. The third-order valence-electron chi connectivity index (χ3n) is 6.48. The Balaban J connectivity index is 1.20. The van der Waals surface area contributed by atoms with Crippen LogP contribution in [-0.4, -0.2) is 59.4 Å². The van der Waals surface area contributed by atoms with E-state index >= 15 is 0 Å². The fourth-order valence-corrected chi connectivity index (χ4v) is 5.71. The number of nitrogens with one attached hydrogen (secondary N) is 1. The van der Waals surface area contributed by atoms with Crippen molar-refractivity contribution in [2.24, 2.45) is 0 Å². The van der Waals surface area contributed by atoms with Crippen molar-refractivity contribution in [1.82, 2.24) is 19.9 Å². The van der Waals surface area contributed by atoms with Crippen LogP contribution in [0.5, 0.6) is 11.5 Å². The molecule has 2 aromatic carbocycles. The molecule has 11 heteroatoms. The molecule has 1 amide bonds. The van der Waals surface area contributed by atoms with Gasteiger partial charge in [-0.15, -0.1) is 11.3 Å². The molecule has 10 nitrogen and oxygen atoms in total. The van der Waals surface area contributed by atoms with Gasteiger partial charge < -0.3 is 19.1 Å². The molecule has 1 atom stereocenters. The highest BCUT2D eigenvalue weighted by molar-refractivity contribution is 7.22. The van der Waals surface area contributed by atoms with Gasteiger partial charge in [-0.3, -0.25) is 10.3 Å². The number of ether oxygens (including phenoxy) is 3. The van der Waals surface area contributed by atoms with Crippen molar-refractivity contribution >= 4 is 50.2 Å². The Bertz CT molecular complexity index is 1750. The molecular weight excluding hydrogens is 528 g/mol. The van der Waals surface area contributed by atoms with E-state index in [1.54, 1.807) is 29.8 Å². The van der Waals surface area contributed by atoms with Crippen molar-refractivity contribution in [3.05, 3.63) is 59.5 Å². The van der Waals surface area contributed by atoms with Crippen molar-refractivity contribution in [1.29, 1.82) is 0 Å². The Morgan fingerprint density at radius 1 is 1.10 bits per heavy atom. The summed E-state index contributed by atoms with van der Waals surface area (Å²) in [5.74, 6) is 2.04. The Morgan fingerprint density at radius 2 is 1.95 bits per heavy atom. The lowest BCUT2D eigenvalue weighted by Gasteiger charge is -2.26. The summed E-state index contributed by atoms with van der Waals surface area (Å²) in [5, 5.41) is 3.53. The lowest BCUT2D eigenvalue weighted by atomic mass is 10.1. The van der Waals surface area contributed by atoms with Gasteiger partial charge in [-0.2, -0.15) is 0 Å². The number of benzene rings is 2. The van der Waals surface area contributed by atoms with Gasteiger partial charge in [-0.25, -0.2) is 19.7 Å². The van der Waals surface area contributed by atoms with Gasteiger partial charge in [-0.05, 0) is 62.2 Å². The smallest absolute Gasteiger partial charge is 0.411 e. The molecule has 40 heavy (non-hydrogen) atoms. The normalized spacial score (nSPS) is 14.4. The first-order valence-electron chi connectivity index (χ1n) is 12.8. The molecule has 6 rings (SSSR count). The van der Waals surface area contributed by atoms with Crippen LogP contribution in [0.15, 0.2) is 42.7 Å². The van der Waals surface area contributed by atoms with E-state index in [-0.39, 0.29) is 13.2 Å². The van der Waals surface area contributed by atoms with Crippen LogP contribution < -0.4 is 19.7 Å². The van der Waals surface area contributed by atoms with E-state index in [4.69, 9.17) is 19.2 Å². The Hall–Kier alpha value is -4.51. The summed E-state index contributed by atoms with van der Waals surface area (Å²) in [7, 11) is 3.80. The number of anilines is 2. The molecule has 3 aromatic heterocycles.